The summed E-state index contributed by atoms with van der Waals surface area (Å²) in [5, 5.41) is 14.1. The standard InChI is InChI=1S/C13H17N3O2S/c1-9-8-18-10(2)6-16(9)7-12(17)15-13-11(5-14)3-4-19-13/h3-4,9-10H,6-8H2,1-2H3,(H,15,17)/t9-,10+/m1/s1. The molecule has 0 bridgehead atoms. The van der Waals surface area contributed by atoms with E-state index >= 15 is 0 Å². The number of carbonyl (C=O) groups excluding carboxylic acids is 1. The first-order valence-electron chi connectivity index (χ1n) is 6.23. The van der Waals surface area contributed by atoms with Gasteiger partial charge in [-0.05, 0) is 25.3 Å². The molecule has 0 aliphatic carbocycles. The number of morpholine rings is 1. The van der Waals surface area contributed by atoms with Crippen molar-refractivity contribution in [3.8, 4) is 6.07 Å². The van der Waals surface area contributed by atoms with Crippen LogP contribution in [-0.2, 0) is 9.53 Å². The molecule has 1 N–H and O–H groups in total. The molecule has 1 aromatic heterocycles. The van der Waals surface area contributed by atoms with Crippen molar-refractivity contribution in [3.63, 3.8) is 0 Å². The third-order valence-corrected chi connectivity index (χ3v) is 3.95. The van der Waals surface area contributed by atoms with Crippen LogP contribution in [0.3, 0.4) is 0 Å². The van der Waals surface area contributed by atoms with E-state index in [1.54, 1.807) is 11.4 Å². The number of thiophene rings is 1. The van der Waals surface area contributed by atoms with E-state index in [-0.39, 0.29) is 18.1 Å². The summed E-state index contributed by atoms with van der Waals surface area (Å²) < 4.78 is 5.53. The van der Waals surface area contributed by atoms with Gasteiger partial charge in [0.15, 0.2) is 0 Å². The van der Waals surface area contributed by atoms with Gasteiger partial charge in [0, 0.05) is 12.6 Å². The number of nitrogens with zero attached hydrogens (tertiary/aromatic N) is 2. The van der Waals surface area contributed by atoms with E-state index in [1.807, 2.05) is 13.8 Å². The van der Waals surface area contributed by atoms with Gasteiger partial charge in [0.2, 0.25) is 5.91 Å². The average molecular weight is 279 g/mol. The maximum atomic E-state index is 12.0. The van der Waals surface area contributed by atoms with Gasteiger partial charge in [-0.25, -0.2) is 0 Å². The van der Waals surface area contributed by atoms with Crippen molar-refractivity contribution in [1.29, 1.82) is 5.26 Å². The van der Waals surface area contributed by atoms with E-state index in [1.165, 1.54) is 11.3 Å². The van der Waals surface area contributed by atoms with E-state index in [9.17, 15) is 4.79 Å². The third-order valence-electron chi connectivity index (χ3n) is 3.12. The van der Waals surface area contributed by atoms with E-state index < -0.39 is 0 Å². The van der Waals surface area contributed by atoms with Gasteiger partial charge in [-0.15, -0.1) is 11.3 Å². The molecule has 1 aliphatic rings. The van der Waals surface area contributed by atoms with Crippen molar-refractivity contribution < 1.29 is 9.53 Å². The summed E-state index contributed by atoms with van der Waals surface area (Å²) in [6, 6.07) is 4.01. The molecule has 0 saturated carbocycles. The Labute approximate surface area is 116 Å². The summed E-state index contributed by atoms with van der Waals surface area (Å²) >= 11 is 1.37. The Morgan fingerprint density at radius 2 is 2.47 bits per heavy atom. The normalized spacial score (nSPS) is 23.8. The topological polar surface area (TPSA) is 65.4 Å². The lowest BCUT2D eigenvalue weighted by Gasteiger charge is -2.36. The van der Waals surface area contributed by atoms with Crippen LogP contribution < -0.4 is 5.32 Å². The first-order valence-corrected chi connectivity index (χ1v) is 7.11. The molecule has 0 radical (unpaired) electrons. The minimum Gasteiger partial charge on any atom is -0.376 e. The van der Waals surface area contributed by atoms with Gasteiger partial charge in [-0.3, -0.25) is 9.69 Å². The lowest BCUT2D eigenvalue weighted by Crippen LogP contribution is -2.50. The zero-order valence-corrected chi connectivity index (χ0v) is 11.9. The molecule has 1 aliphatic heterocycles. The Morgan fingerprint density at radius 1 is 1.68 bits per heavy atom. The smallest absolute Gasteiger partial charge is 0.239 e. The summed E-state index contributed by atoms with van der Waals surface area (Å²) in [5.41, 5.74) is 0.516. The molecule has 6 heteroatoms. The minimum atomic E-state index is -0.0834. The van der Waals surface area contributed by atoms with Crippen LogP contribution in [0, 0.1) is 11.3 Å². The zero-order chi connectivity index (χ0) is 13.8. The van der Waals surface area contributed by atoms with Gasteiger partial charge in [0.05, 0.1) is 24.8 Å². The molecule has 19 heavy (non-hydrogen) atoms. The van der Waals surface area contributed by atoms with Gasteiger partial charge in [-0.1, -0.05) is 0 Å². The first-order chi connectivity index (χ1) is 9.10. The fourth-order valence-corrected chi connectivity index (χ4v) is 2.79. The van der Waals surface area contributed by atoms with Gasteiger partial charge >= 0.3 is 0 Å². The monoisotopic (exact) mass is 279 g/mol. The predicted octanol–water partition coefficient (Wildman–Crippen LogP) is 1.67. The van der Waals surface area contributed by atoms with Crippen LogP contribution in [0.4, 0.5) is 5.00 Å². The van der Waals surface area contributed by atoms with Crippen molar-refractivity contribution in [3.05, 3.63) is 17.0 Å². The van der Waals surface area contributed by atoms with Crippen LogP contribution in [0.1, 0.15) is 19.4 Å². The molecule has 2 heterocycles. The highest BCUT2D eigenvalue weighted by Crippen LogP contribution is 2.22. The van der Waals surface area contributed by atoms with E-state index in [4.69, 9.17) is 10.00 Å². The molecular formula is C13H17N3O2S. The molecule has 102 valence electrons. The van der Waals surface area contributed by atoms with Gasteiger partial charge in [0.25, 0.3) is 0 Å². The SMILES string of the molecule is C[C@@H]1CO[C@@H](C)CN1CC(=O)Nc1sccc1C#N. The number of anilines is 1. The Bertz CT molecular complexity index is 494. The molecule has 0 unspecified atom stereocenters. The highest BCUT2D eigenvalue weighted by atomic mass is 32.1. The van der Waals surface area contributed by atoms with Crippen LogP contribution >= 0.6 is 11.3 Å². The van der Waals surface area contributed by atoms with E-state index in [2.05, 4.69) is 16.3 Å². The molecule has 2 atom stereocenters. The molecular weight excluding hydrogens is 262 g/mol. The van der Waals surface area contributed by atoms with E-state index in [0.717, 1.165) is 6.54 Å². The molecule has 1 fully saturated rings. The number of rotatable bonds is 3. The number of hydrogen-bond donors (Lipinski definition) is 1. The first kappa shape index (κ1) is 14.0. The van der Waals surface area contributed by atoms with Crippen LogP contribution in [0.25, 0.3) is 0 Å². The number of hydrogen-bond acceptors (Lipinski definition) is 5. The highest BCUT2D eigenvalue weighted by molar-refractivity contribution is 7.14. The van der Waals surface area contributed by atoms with Crippen molar-refractivity contribution >= 4 is 22.2 Å². The second-order valence-corrected chi connectivity index (χ2v) is 5.66. The van der Waals surface area contributed by atoms with Crippen LogP contribution in [0.15, 0.2) is 11.4 Å². The number of amides is 1. The van der Waals surface area contributed by atoms with Crippen LogP contribution in [0.5, 0.6) is 0 Å². The molecule has 1 aromatic rings. The largest absolute Gasteiger partial charge is 0.376 e. The molecule has 1 saturated heterocycles. The Balaban J connectivity index is 1.92. The van der Waals surface area contributed by atoms with Gasteiger partial charge < -0.3 is 10.1 Å². The Kier molecular flexibility index (Phi) is 4.53. The molecule has 0 spiro atoms. The minimum absolute atomic E-state index is 0.0834. The van der Waals surface area contributed by atoms with Crippen molar-refractivity contribution in [2.45, 2.75) is 26.0 Å². The number of carbonyl (C=O) groups is 1. The molecule has 5 nitrogen and oxygen atoms in total. The summed E-state index contributed by atoms with van der Waals surface area (Å²) in [6.07, 6.45) is 0.153. The summed E-state index contributed by atoms with van der Waals surface area (Å²) in [4.78, 5) is 14.1. The second kappa shape index (κ2) is 6.15. The third kappa shape index (κ3) is 3.53. The van der Waals surface area contributed by atoms with E-state index in [0.29, 0.717) is 23.7 Å². The average Bonchev–Trinajstić information content (AvgIpc) is 2.81. The van der Waals surface area contributed by atoms with Gasteiger partial charge in [0.1, 0.15) is 11.1 Å². The number of nitrogens with one attached hydrogen (secondary N) is 1. The lowest BCUT2D eigenvalue weighted by molar-refractivity contribution is -0.121. The van der Waals surface area contributed by atoms with Crippen LogP contribution in [-0.4, -0.2) is 42.6 Å². The predicted molar refractivity (Wildman–Crippen MR) is 74.1 cm³/mol. The second-order valence-electron chi connectivity index (χ2n) is 4.75. The maximum Gasteiger partial charge on any atom is 0.239 e. The number of ether oxygens (including phenoxy) is 1. The quantitative estimate of drug-likeness (QED) is 0.914. The highest BCUT2D eigenvalue weighted by Gasteiger charge is 2.25. The molecule has 1 amide bonds. The van der Waals surface area contributed by atoms with Crippen molar-refractivity contribution in [2.75, 3.05) is 25.0 Å². The fourth-order valence-electron chi connectivity index (χ4n) is 2.04. The maximum absolute atomic E-state index is 12.0. The van der Waals surface area contributed by atoms with Crippen molar-refractivity contribution in [2.24, 2.45) is 0 Å². The summed E-state index contributed by atoms with van der Waals surface area (Å²) in [7, 11) is 0. The summed E-state index contributed by atoms with van der Waals surface area (Å²) in [5.74, 6) is -0.0834. The molecule has 2 rings (SSSR count). The van der Waals surface area contributed by atoms with Gasteiger partial charge in [-0.2, -0.15) is 5.26 Å². The van der Waals surface area contributed by atoms with Crippen LogP contribution in [0.2, 0.25) is 0 Å². The summed E-state index contributed by atoms with van der Waals surface area (Å²) in [6.45, 7) is 5.79. The lowest BCUT2D eigenvalue weighted by atomic mass is 10.2. The fraction of sp³-hybridized carbons (Fsp3) is 0.538. The van der Waals surface area contributed by atoms with Crippen molar-refractivity contribution in [1.82, 2.24) is 4.90 Å². The Hall–Kier alpha value is -1.42. The zero-order valence-electron chi connectivity index (χ0n) is 11.0. The Morgan fingerprint density at radius 3 is 3.21 bits per heavy atom. The molecule has 0 aromatic carbocycles. The number of nitriles is 1.